The molecule has 74 valence electrons. The number of nitro benzene ring substituents is 2. The number of rotatable bonds is 2. The molecule has 0 aliphatic heterocycles. The van der Waals surface area contributed by atoms with Crippen LogP contribution in [0.5, 0.6) is 5.75 Å². The van der Waals surface area contributed by atoms with Crippen LogP contribution in [0.3, 0.4) is 0 Å². The fraction of sp³-hybridized carbons (Fsp3) is 0.143. The molecule has 1 aromatic rings. The van der Waals surface area contributed by atoms with Crippen molar-refractivity contribution >= 4 is 11.4 Å². The van der Waals surface area contributed by atoms with Crippen LogP contribution in [0.25, 0.3) is 0 Å². The minimum Gasteiger partial charge on any atom is -0.502 e. The van der Waals surface area contributed by atoms with Gasteiger partial charge >= 0.3 is 5.69 Å². The topological polar surface area (TPSA) is 107 Å². The second-order valence-electron chi connectivity index (χ2n) is 2.64. The van der Waals surface area contributed by atoms with E-state index in [-0.39, 0.29) is 11.3 Å². The first kappa shape index (κ1) is 9.90. The summed E-state index contributed by atoms with van der Waals surface area (Å²) in [6.45, 7) is 1.37. The van der Waals surface area contributed by atoms with Crippen LogP contribution in [0.1, 0.15) is 5.56 Å². The summed E-state index contributed by atoms with van der Waals surface area (Å²) in [7, 11) is 0. The number of hydrogen-bond donors (Lipinski definition) is 1. The van der Waals surface area contributed by atoms with Crippen molar-refractivity contribution in [2.45, 2.75) is 6.92 Å². The first-order valence-electron chi connectivity index (χ1n) is 3.56. The van der Waals surface area contributed by atoms with E-state index in [1.165, 1.54) is 6.92 Å². The molecule has 0 radical (unpaired) electrons. The second-order valence-corrected chi connectivity index (χ2v) is 2.64. The molecule has 0 heterocycles. The van der Waals surface area contributed by atoms with Crippen LogP contribution in [0.15, 0.2) is 12.1 Å². The lowest BCUT2D eigenvalue weighted by molar-refractivity contribution is -0.390. The smallest absolute Gasteiger partial charge is 0.311 e. The van der Waals surface area contributed by atoms with E-state index in [4.69, 9.17) is 5.11 Å². The van der Waals surface area contributed by atoms with Crippen molar-refractivity contribution in [3.63, 3.8) is 0 Å². The van der Waals surface area contributed by atoms with Crippen LogP contribution in [-0.2, 0) is 0 Å². The van der Waals surface area contributed by atoms with Gasteiger partial charge in [-0.05, 0) is 6.92 Å². The predicted molar refractivity (Wildman–Crippen MR) is 46.2 cm³/mol. The minimum atomic E-state index is -0.800. The highest BCUT2D eigenvalue weighted by Gasteiger charge is 2.20. The molecule has 1 N–H and O–H groups in total. The van der Waals surface area contributed by atoms with Crippen molar-refractivity contribution in [3.8, 4) is 5.75 Å². The Morgan fingerprint density at radius 1 is 1.14 bits per heavy atom. The Hall–Kier alpha value is -2.18. The third kappa shape index (κ3) is 1.60. The largest absolute Gasteiger partial charge is 0.502 e. The summed E-state index contributed by atoms with van der Waals surface area (Å²) in [4.78, 5) is 19.2. The third-order valence-corrected chi connectivity index (χ3v) is 1.69. The van der Waals surface area contributed by atoms with Crippen LogP contribution in [0.4, 0.5) is 11.4 Å². The Bertz CT molecular complexity index is 375. The predicted octanol–water partition coefficient (Wildman–Crippen LogP) is 1.52. The van der Waals surface area contributed by atoms with E-state index in [1.807, 2.05) is 0 Å². The number of benzene rings is 1. The van der Waals surface area contributed by atoms with Crippen molar-refractivity contribution in [2.24, 2.45) is 0 Å². The van der Waals surface area contributed by atoms with Gasteiger partial charge in [-0.2, -0.15) is 0 Å². The lowest BCUT2D eigenvalue weighted by Crippen LogP contribution is -1.95. The standard InChI is InChI=1S/C7H6N2O5/c1-4-2-6(9(13)14)7(10)3-5(4)8(11)12/h2-3,10H,1H3. The SMILES string of the molecule is Cc1cc([N+](=O)[O-])c(O)cc1[N+](=O)[O-]. The van der Waals surface area contributed by atoms with Gasteiger partial charge in [-0.1, -0.05) is 0 Å². The number of phenolic OH excluding ortho intramolecular Hbond substituents is 1. The Balaban J connectivity index is 3.38. The molecule has 14 heavy (non-hydrogen) atoms. The fourth-order valence-corrected chi connectivity index (χ4v) is 1.01. The molecule has 0 aromatic heterocycles. The molecule has 0 aliphatic rings. The maximum Gasteiger partial charge on any atom is 0.311 e. The van der Waals surface area contributed by atoms with Gasteiger partial charge in [0.15, 0.2) is 0 Å². The van der Waals surface area contributed by atoms with E-state index in [0.29, 0.717) is 0 Å². The highest BCUT2D eigenvalue weighted by atomic mass is 16.6. The molecule has 0 saturated heterocycles. The molecule has 7 nitrogen and oxygen atoms in total. The molecule has 0 atom stereocenters. The Morgan fingerprint density at radius 2 is 1.64 bits per heavy atom. The molecule has 0 saturated carbocycles. The zero-order chi connectivity index (χ0) is 10.9. The van der Waals surface area contributed by atoms with Crippen LogP contribution in [0, 0.1) is 27.2 Å². The van der Waals surface area contributed by atoms with E-state index in [1.54, 1.807) is 0 Å². The second kappa shape index (κ2) is 3.29. The lowest BCUT2D eigenvalue weighted by atomic mass is 10.1. The quantitative estimate of drug-likeness (QED) is 0.572. The summed E-state index contributed by atoms with van der Waals surface area (Å²) >= 11 is 0. The third-order valence-electron chi connectivity index (χ3n) is 1.69. The average Bonchev–Trinajstić information content (AvgIpc) is 2.07. The van der Waals surface area contributed by atoms with Gasteiger partial charge in [-0.25, -0.2) is 0 Å². The molecule has 0 fully saturated rings. The first-order chi connectivity index (χ1) is 6.43. The van der Waals surface area contributed by atoms with Gasteiger partial charge in [-0.15, -0.1) is 0 Å². The zero-order valence-electron chi connectivity index (χ0n) is 7.13. The van der Waals surface area contributed by atoms with Crippen LogP contribution in [-0.4, -0.2) is 15.0 Å². The summed E-state index contributed by atoms with van der Waals surface area (Å²) in [6.07, 6.45) is 0. The Labute approximate surface area is 77.9 Å². The van der Waals surface area contributed by atoms with Gasteiger partial charge in [0.25, 0.3) is 5.69 Å². The van der Waals surface area contributed by atoms with Crippen molar-refractivity contribution in [2.75, 3.05) is 0 Å². The molecule has 0 spiro atoms. The van der Waals surface area contributed by atoms with Crippen molar-refractivity contribution in [3.05, 3.63) is 37.9 Å². The van der Waals surface area contributed by atoms with E-state index < -0.39 is 21.3 Å². The van der Waals surface area contributed by atoms with Crippen LogP contribution >= 0.6 is 0 Å². The van der Waals surface area contributed by atoms with Gasteiger partial charge in [0, 0.05) is 11.6 Å². The number of aromatic hydroxyl groups is 1. The maximum absolute atomic E-state index is 10.4. The molecule has 0 amide bonds. The van der Waals surface area contributed by atoms with Gasteiger partial charge in [0.05, 0.1) is 15.9 Å². The zero-order valence-corrected chi connectivity index (χ0v) is 7.13. The summed E-state index contributed by atoms with van der Waals surface area (Å²) < 4.78 is 0. The highest BCUT2D eigenvalue weighted by Crippen LogP contribution is 2.32. The number of aryl methyl sites for hydroxylation is 1. The van der Waals surface area contributed by atoms with Gasteiger partial charge in [0.1, 0.15) is 0 Å². The molecular formula is C7H6N2O5. The van der Waals surface area contributed by atoms with E-state index in [2.05, 4.69) is 0 Å². The Kier molecular flexibility index (Phi) is 2.32. The number of nitrogens with zero attached hydrogens (tertiary/aromatic N) is 2. The number of phenols is 1. The van der Waals surface area contributed by atoms with Crippen molar-refractivity contribution in [1.29, 1.82) is 0 Å². The van der Waals surface area contributed by atoms with Gasteiger partial charge in [0.2, 0.25) is 5.75 Å². The van der Waals surface area contributed by atoms with E-state index in [0.717, 1.165) is 12.1 Å². The monoisotopic (exact) mass is 198 g/mol. The molecule has 0 unspecified atom stereocenters. The molecule has 1 aromatic carbocycles. The lowest BCUT2D eigenvalue weighted by Gasteiger charge is -1.99. The van der Waals surface area contributed by atoms with Crippen molar-refractivity contribution in [1.82, 2.24) is 0 Å². The summed E-state index contributed by atoms with van der Waals surface area (Å²) in [6, 6.07) is 1.74. The minimum absolute atomic E-state index is 0.138. The fourth-order valence-electron chi connectivity index (χ4n) is 1.01. The normalized spacial score (nSPS) is 9.79. The summed E-state index contributed by atoms with van der Waals surface area (Å²) in [5.41, 5.74) is -0.735. The van der Waals surface area contributed by atoms with Gasteiger partial charge < -0.3 is 5.11 Å². The van der Waals surface area contributed by atoms with E-state index >= 15 is 0 Å². The molecule has 7 heteroatoms. The molecule has 0 aliphatic carbocycles. The molecular weight excluding hydrogens is 192 g/mol. The van der Waals surface area contributed by atoms with Gasteiger partial charge in [-0.3, -0.25) is 20.2 Å². The van der Waals surface area contributed by atoms with Crippen LogP contribution < -0.4 is 0 Å². The molecule has 1 rings (SSSR count). The number of hydrogen-bond acceptors (Lipinski definition) is 5. The average molecular weight is 198 g/mol. The molecule has 0 bridgehead atoms. The Morgan fingerprint density at radius 3 is 2.07 bits per heavy atom. The van der Waals surface area contributed by atoms with E-state index in [9.17, 15) is 20.2 Å². The van der Waals surface area contributed by atoms with Crippen LogP contribution in [0.2, 0.25) is 0 Å². The number of nitro groups is 2. The maximum atomic E-state index is 10.4. The summed E-state index contributed by atoms with van der Waals surface area (Å²) in [5, 5.41) is 29.8. The highest BCUT2D eigenvalue weighted by molar-refractivity contribution is 5.56. The first-order valence-corrected chi connectivity index (χ1v) is 3.56. The van der Waals surface area contributed by atoms with Crippen molar-refractivity contribution < 1.29 is 15.0 Å². The summed E-state index contributed by atoms with van der Waals surface area (Å²) in [5.74, 6) is -0.702.